The third-order valence-corrected chi connectivity index (χ3v) is 5.28. The summed E-state index contributed by atoms with van der Waals surface area (Å²) >= 11 is 0. The lowest BCUT2D eigenvalue weighted by molar-refractivity contribution is 0.192. The molecule has 0 unspecified atom stereocenters. The fourth-order valence-corrected chi connectivity index (χ4v) is 3.89. The van der Waals surface area contributed by atoms with Crippen molar-refractivity contribution in [3.05, 3.63) is 29.6 Å². The number of hydrogen-bond donors (Lipinski definition) is 1. The van der Waals surface area contributed by atoms with Gasteiger partial charge in [0.15, 0.2) is 0 Å². The molecular weight excluding hydrogens is 304 g/mol. The maximum Gasteiger partial charge on any atom is 0.147 e. The van der Waals surface area contributed by atoms with E-state index < -0.39 is 0 Å². The first-order valence-corrected chi connectivity index (χ1v) is 9.01. The number of hydrogen-bond acceptors (Lipinski definition) is 5. The van der Waals surface area contributed by atoms with E-state index in [1.165, 1.54) is 18.5 Å². The Kier molecular flexibility index (Phi) is 4.37. The summed E-state index contributed by atoms with van der Waals surface area (Å²) in [5.74, 6) is 2.72. The lowest BCUT2D eigenvalue weighted by Gasteiger charge is -2.32. The fourth-order valence-electron chi connectivity index (χ4n) is 3.89. The van der Waals surface area contributed by atoms with E-state index >= 15 is 0 Å². The Morgan fingerprint density at radius 1 is 1.17 bits per heavy atom. The van der Waals surface area contributed by atoms with Crippen LogP contribution in [0.15, 0.2) is 12.3 Å². The highest BCUT2D eigenvalue weighted by Crippen LogP contribution is 2.37. The second kappa shape index (κ2) is 6.64. The summed E-state index contributed by atoms with van der Waals surface area (Å²) in [5.41, 5.74) is 1.26. The second-order valence-electron chi connectivity index (χ2n) is 7.02. The van der Waals surface area contributed by atoms with Gasteiger partial charge in [-0.05, 0) is 51.8 Å². The number of piperidine rings is 1. The van der Waals surface area contributed by atoms with Gasteiger partial charge in [0.2, 0.25) is 0 Å². The van der Waals surface area contributed by atoms with Crippen LogP contribution in [-0.4, -0.2) is 54.2 Å². The van der Waals surface area contributed by atoms with E-state index in [2.05, 4.69) is 37.8 Å². The summed E-state index contributed by atoms with van der Waals surface area (Å²) in [6.07, 6.45) is 6.64. The van der Waals surface area contributed by atoms with Crippen LogP contribution in [0.1, 0.15) is 55.0 Å². The largest absolute Gasteiger partial charge is 0.394 e. The van der Waals surface area contributed by atoms with Crippen LogP contribution in [0.2, 0.25) is 0 Å². The lowest BCUT2D eigenvalue weighted by Crippen LogP contribution is -2.34. The Hall–Kier alpha value is -1.73. The molecule has 1 N–H and O–H groups in total. The molecule has 0 atom stereocenters. The van der Waals surface area contributed by atoms with E-state index in [1.807, 2.05) is 10.9 Å². The van der Waals surface area contributed by atoms with Gasteiger partial charge in [-0.1, -0.05) is 0 Å². The quantitative estimate of drug-likeness (QED) is 0.869. The standard InChI is InChI=1S/C17H26N6O/c1-13-19-20-17(23(13)15-2-3-15)12-21-8-5-14(6-9-21)16-4-7-18-22(16)10-11-24/h4,7,14-15,24H,2-3,5-6,8-12H2,1H3. The highest BCUT2D eigenvalue weighted by atomic mass is 16.3. The first kappa shape index (κ1) is 15.8. The molecule has 2 aromatic rings. The van der Waals surface area contributed by atoms with Crippen molar-refractivity contribution >= 4 is 0 Å². The zero-order chi connectivity index (χ0) is 16.5. The van der Waals surface area contributed by atoms with Crippen LogP contribution in [0.25, 0.3) is 0 Å². The van der Waals surface area contributed by atoms with Gasteiger partial charge in [-0.3, -0.25) is 9.58 Å². The predicted molar refractivity (Wildman–Crippen MR) is 89.6 cm³/mol. The summed E-state index contributed by atoms with van der Waals surface area (Å²) < 4.78 is 4.29. The molecule has 0 radical (unpaired) electrons. The predicted octanol–water partition coefficient (Wildman–Crippen LogP) is 1.49. The van der Waals surface area contributed by atoms with Gasteiger partial charge in [-0.15, -0.1) is 10.2 Å². The highest BCUT2D eigenvalue weighted by Gasteiger charge is 2.30. The van der Waals surface area contributed by atoms with Crippen LogP contribution in [-0.2, 0) is 13.1 Å². The zero-order valence-corrected chi connectivity index (χ0v) is 14.3. The number of likely N-dealkylation sites (tertiary alicyclic amines) is 1. The summed E-state index contributed by atoms with van der Waals surface area (Å²) in [7, 11) is 0. The van der Waals surface area contributed by atoms with Crippen molar-refractivity contribution in [2.45, 2.75) is 57.7 Å². The second-order valence-corrected chi connectivity index (χ2v) is 7.02. The van der Waals surface area contributed by atoms with Gasteiger partial charge in [-0.2, -0.15) is 5.10 Å². The van der Waals surface area contributed by atoms with Crippen LogP contribution >= 0.6 is 0 Å². The molecule has 7 heteroatoms. The van der Waals surface area contributed by atoms with Crippen molar-refractivity contribution in [1.82, 2.24) is 29.4 Å². The Morgan fingerprint density at radius 3 is 2.67 bits per heavy atom. The number of aliphatic hydroxyl groups is 1. The van der Waals surface area contributed by atoms with E-state index in [0.29, 0.717) is 18.5 Å². The topological polar surface area (TPSA) is 72.0 Å². The molecule has 0 spiro atoms. The van der Waals surface area contributed by atoms with Gasteiger partial charge in [0.1, 0.15) is 11.6 Å². The van der Waals surface area contributed by atoms with E-state index in [-0.39, 0.29) is 6.61 Å². The number of aromatic nitrogens is 5. The average Bonchev–Trinajstić information content (AvgIpc) is 3.21. The van der Waals surface area contributed by atoms with Crippen LogP contribution in [0.5, 0.6) is 0 Å². The molecule has 0 aromatic carbocycles. The molecule has 0 amide bonds. The SMILES string of the molecule is Cc1nnc(CN2CCC(c3ccnn3CCO)CC2)n1C1CC1. The van der Waals surface area contributed by atoms with Crippen molar-refractivity contribution in [2.24, 2.45) is 0 Å². The fraction of sp³-hybridized carbons (Fsp3) is 0.706. The minimum atomic E-state index is 0.143. The van der Waals surface area contributed by atoms with Crippen LogP contribution in [0.4, 0.5) is 0 Å². The Morgan fingerprint density at radius 2 is 1.96 bits per heavy atom. The Labute approximate surface area is 142 Å². The van der Waals surface area contributed by atoms with Crippen LogP contribution < -0.4 is 0 Å². The van der Waals surface area contributed by atoms with Gasteiger partial charge in [0, 0.05) is 23.9 Å². The van der Waals surface area contributed by atoms with Crippen molar-refractivity contribution in [1.29, 1.82) is 0 Å². The average molecular weight is 330 g/mol. The summed E-state index contributed by atoms with van der Waals surface area (Å²) in [4.78, 5) is 2.49. The van der Waals surface area contributed by atoms with E-state index in [4.69, 9.17) is 5.11 Å². The van der Waals surface area contributed by atoms with Crippen LogP contribution in [0, 0.1) is 6.92 Å². The van der Waals surface area contributed by atoms with Crippen LogP contribution in [0.3, 0.4) is 0 Å². The molecule has 2 fully saturated rings. The number of aryl methyl sites for hydroxylation is 1. The molecule has 130 valence electrons. The van der Waals surface area contributed by atoms with Crippen molar-refractivity contribution in [3.8, 4) is 0 Å². The lowest BCUT2D eigenvalue weighted by atomic mass is 9.93. The monoisotopic (exact) mass is 330 g/mol. The smallest absolute Gasteiger partial charge is 0.147 e. The Bertz CT molecular complexity index is 681. The molecule has 1 saturated carbocycles. The van der Waals surface area contributed by atoms with Crippen molar-refractivity contribution in [3.63, 3.8) is 0 Å². The summed E-state index contributed by atoms with van der Waals surface area (Å²) in [5, 5.41) is 22.2. The number of nitrogens with zero attached hydrogens (tertiary/aromatic N) is 6. The molecular formula is C17H26N6O. The molecule has 1 saturated heterocycles. The molecule has 1 aliphatic carbocycles. The molecule has 0 bridgehead atoms. The maximum absolute atomic E-state index is 9.16. The van der Waals surface area contributed by atoms with Gasteiger partial charge in [0.25, 0.3) is 0 Å². The zero-order valence-electron chi connectivity index (χ0n) is 14.3. The molecule has 3 heterocycles. The number of aliphatic hydroxyl groups excluding tert-OH is 1. The molecule has 7 nitrogen and oxygen atoms in total. The van der Waals surface area contributed by atoms with Crippen molar-refractivity contribution < 1.29 is 5.11 Å². The number of rotatable bonds is 6. The summed E-state index contributed by atoms with van der Waals surface area (Å²) in [6, 6.07) is 2.74. The maximum atomic E-state index is 9.16. The third-order valence-electron chi connectivity index (χ3n) is 5.28. The molecule has 1 aliphatic heterocycles. The minimum absolute atomic E-state index is 0.143. The van der Waals surface area contributed by atoms with E-state index in [0.717, 1.165) is 44.1 Å². The molecule has 24 heavy (non-hydrogen) atoms. The van der Waals surface area contributed by atoms with Gasteiger partial charge < -0.3 is 9.67 Å². The van der Waals surface area contributed by atoms with Gasteiger partial charge >= 0.3 is 0 Å². The molecule has 2 aliphatic rings. The minimum Gasteiger partial charge on any atom is -0.394 e. The normalized spacial score (nSPS) is 19.9. The summed E-state index contributed by atoms with van der Waals surface area (Å²) in [6.45, 7) is 5.84. The first-order chi connectivity index (χ1) is 11.8. The van der Waals surface area contributed by atoms with E-state index in [1.54, 1.807) is 0 Å². The first-order valence-electron chi connectivity index (χ1n) is 9.01. The molecule has 4 rings (SSSR count). The van der Waals surface area contributed by atoms with Crippen molar-refractivity contribution in [2.75, 3.05) is 19.7 Å². The Balaban J connectivity index is 1.37. The highest BCUT2D eigenvalue weighted by molar-refractivity contribution is 5.10. The third kappa shape index (κ3) is 3.10. The van der Waals surface area contributed by atoms with E-state index in [9.17, 15) is 0 Å². The van der Waals surface area contributed by atoms with Gasteiger partial charge in [-0.25, -0.2) is 0 Å². The molecule has 2 aromatic heterocycles. The van der Waals surface area contributed by atoms with Gasteiger partial charge in [0.05, 0.1) is 19.7 Å².